The number of nitrogens with one attached hydrogen (secondary N) is 1. The van der Waals surface area contributed by atoms with Crippen molar-refractivity contribution in [1.29, 1.82) is 0 Å². The molecule has 1 heterocycles. The lowest BCUT2D eigenvalue weighted by molar-refractivity contribution is -0.146. The zero-order valence-electron chi connectivity index (χ0n) is 15.0. The molecule has 25 heavy (non-hydrogen) atoms. The van der Waals surface area contributed by atoms with Gasteiger partial charge in [0, 0.05) is 24.8 Å². The van der Waals surface area contributed by atoms with Crippen molar-refractivity contribution in [2.24, 2.45) is 11.8 Å². The Kier molecular flexibility index (Phi) is 7.98. The average Bonchev–Trinajstić information content (AvgIpc) is 2.88. The van der Waals surface area contributed by atoms with Crippen LogP contribution in [0, 0.1) is 24.2 Å². The van der Waals surface area contributed by atoms with Crippen LogP contribution in [0.5, 0.6) is 0 Å². The first-order chi connectivity index (χ1) is 11.7. The number of nitrogens with zero attached hydrogens (tertiary/aromatic N) is 1. The van der Waals surface area contributed by atoms with Crippen molar-refractivity contribution >= 4 is 29.3 Å². The van der Waals surface area contributed by atoms with E-state index in [-0.39, 0.29) is 24.2 Å². The lowest BCUT2D eigenvalue weighted by atomic mass is 9.98. The molecule has 1 aliphatic heterocycles. The van der Waals surface area contributed by atoms with Crippen LogP contribution in [0.25, 0.3) is 0 Å². The lowest BCUT2D eigenvalue weighted by Gasteiger charge is -2.30. The predicted molar refractivity (Wildman–Crippen MR) is 95.5 cm³/mol. The highest BCUT2D eigenvalue weighted by molar-refractivity contribution is 6.18. The van der Waals surface area contributed by atoms with E-state index in [2.05, 4.69) is 11.2 Å². The van der Waals surface area contributed by atoms with E-state index in [4.69, 9.17) is 22.8 Å². The van der Waals surface area contributed by atoms with Crippen LogP contribution in [-0.4, -0.2) is 47.7 Å². The van der Waals surface area contributed by atoms with E-state index < -0.39 is 23.9 Å². The van der Waals surface area contributed by atoms with Crippen molar-refractivity contribution in [3.63, 3.8) is 0 Å². The maximum absolute atomic E-state index is 13.0. The Morgan fingerprint density at radius 1 is 1.48 bits per heavy atom. The van der Waals surface area contributed by atoms with Crippen LogP contribution in [0.1, 0.15) is 33.6 Å². The van der Waals surface area contributed by atoms with Crippen molar-refractivity contribution in [1.82, 2.24) is 10.2 Å². The fourth-order valence-corrected chi connectivity index (χ4v) is 2.87. The van der Waals surface area contributed by atoms with Crippen molar-refractivity contribution in [2.75, 3.05) is 13.0 Å². The number of carbonyl (C=O) groups excluding carboxylic acids is 3. The normalized spacial score (nSPS) is 20.3. The molecule has 1 aliphatic rings. The summed E-state index contributed by atoms with van der Waals surface area (Å²) >= 11 is 5.88. The minimum Gasteiger partial charge on any atom is -0.499 e. The number of carbonyl (C=O) groups is 3. The van der Waals surface area contributed by atoms with E-state index in [0.29, 0.717) is 18.1 Å². The third kappa shape index (κ3) is 5.50. The molecule has 7 heteroatoms. The smallest absolute Gasteiger partial charge is 0.257 e. The molecule has 0 saturated heterocycles. The van der Waals surface area contributed by atoms with Gasteiger partial charge in [-0.1, -0.05) is 13.8 Å². The van der Waals surface area contributed by atoms with Gasteiger partial charge in [0.05, 0.1) is 13.2 Å². The third-order valence-corrected chi connectivity index (χ3v) is 4.58. The third-order valence-electron chi connectivity index (χ3n) is 4.05. The van der Waals surface area contributed by atoms with Gasteiger partial charge in [0.2, 0.25) is 5.91 Å². The quantitative estimate of drug-likeness (QED) is 0.522. The number of hydrogen-bond donors (Lipinski definition) is 1. The van der Waals surface area contributed by atoms with Gasteiger partial charge in [-0.3, -0.25) is 19.3 Å². The number of amides is 3. The molecule has 0 aromatic carbocycles. The van der Waals surface area contributed by atoms with Crippen molar-refractivity contribution < 1.29 is 19.1 Å². The minimum atomic E-state index is -0.870. The van der Waals surface area contributed by atoms with Crippen molar-refractivity contribution in [3.05, 3.63) is 11.8 Å². The Morgan fingerprint density at radius 3 is 2.60 bits per heavy atom. The van der Waals surface area contributed by atoms with Crippen LogP contribution >= 0.6 is 11.6 Å². The molecule has 4 atom stereocenters. The molecule has 0 radical (unpaired) electrons. The Morgan fingerprint density at radius 2 is 2.12 bits per heavy atom. The van der Waals surface area contributed by atoms with Gasteiger partial charge in [-0.05, 0) is 18.8 Å². The molecule has 0 bridgehead atoms. The van der Waals surface area contributed by atoms with E-state index in [1.807, 2.05) is 6.92 Å². The Balaban J connectivity index is 3.09. The van der Waals surface area contributed by atoms with Gasteiger partial charge in [0.1, 0.15) is 11.8 Å². The van der Waals surface area contributed by atoms with Crippen LogP contribution in [0.2, 0.25) is 0 Å². The average molecular weight is 369 g/mol. The molecular weight excluding hydrogens is 344 g/mol. The summed E-state index contributed by atoms with van der Waals surface area (Å²) < 4.78 is 5.27. The van der Waals surface area contributed by atoms with Gasteiger partial charge in [0.15, 0.2) is 0 Å². The van der Waals surface area contributed by atoms with Crippen LogP contribution in [-0.2, 0) is 19.1 Å². The van der Waals surface area contributed by atoms with Gasteiger partial charge in [-0.15, -0.1) is 23.9 Å². The second kappa shape index (κ2) is 9.47. The SMILES string of the molecule is C#CC(C)CC(NC(C)=O)C(=O)N1C(=O)C=C(OC)C1CC(C)CCl. The zero-order valence-corrected chi connectivity index (χ0v) is 15.8. The summed E-state index contributed by atoms with van der Waals surface area (Å²) in [4.78, 5) is 38.0. The largest absolute Gasteiger partial charge is 0.499 e. The molecule has 138 valence electrons. The topological polar surface area (TPSA) is 75.7 Å². The van der Waals surface area contributed by atoms with Gasteiger partial charge >= 0.3 is 0 Å². The molecule has 1 rings (SSSR count). The summed E-state index contributed by atoms with van der Waals surface area (Å²) in [5.41, 5.74) is 0. The Labute approximate surface area is 153 Å². The first-order valence-corrected chi connectivity index (χ1v) is 8.70. The molecule has 4 unspecified atom stereocenters. The lowest BCUT2D eigenvalue weighted by Crippen LogP contribution is -2.52. The van der Waals surface area contributed by atoms with Crippen LogP contribution < -0.4 is 5.32 Å². The van der Waals surface area contributed by atoms with Gasteiger partial charge in [-0.2, -0.15) is 0 Å². The number of rotatable bonds is 8. The number of terminal acetylenes is 1. The molecule has 0 saturated carbocycles. The molecule has 3 amide bonds. The van der Waals surface area contributed by atoms with Crippen molar-refractivity contribution in [3.8, 4) is 12.3 Å². The van der Waals surface area contributed by atoms with Crippen LogP contribution in [0.3, 0.4) is 0 Å². The number of methoxy groups -OCH3 is 1. The molecule has 6 nitrogen and oxygen atoms in total. The maximum atomic E-state index is 13.0. The summed E-state index contributed by atoms with van der Waals surface area (Å²) in [5, 5.41) is 2.60. The Bertz CT molecular complexity index is 596. The highest BCUT2D eigenvalue weighted by Gasteiger charge is 2.41. The summed E-state index contributed by atoms with van der Waals surface area (Å²) in [7, 11) is 1.46. The standard InChI is InChI=1S/C18H25ClN2O4/c1-6-11(2)7-14(20-13(4)22)18(24)21-15(8-12(3)10-19)16(25-5)9-17(21)23/h1,9,11-12,14-15H,7-8,10H2,2-5H3,(H,20,22). The molecular formula is C18H25ClN2O4. The first kappa shape index (κ1) is 21.0. The number of imide groups is 1. The van der Waals surface area contributed by atoms with E-state index in [0.717, 1.165) is 4.90 Å². The molecule has 0 fully saturated rings. The fourth-order valence-electron chi connectivity index (χ4n) is 2.75. The second-order valence-corrected chi connectivity index (χ2v) is 6.67. The van der Waals surface area contributed by atoms with Gasteiger partial charge in [-0.25, -0.2) is 0 Å². The summed E-state index contributed by atoms with van der Waals surface area (Å²) in [6.45, 7) is 5.02. The van der Waals surface area contributed by atoms with E-state index >= 15 is 0 Å². The summed E-state index contributed by atoms with van der Waals surface area (Å²) in [6, 6.07) is -1.40. The number of alkyl halides is 1. The fraction of sp³-hybridized carbons (Fsp3) is 0.611. The number of hydrogen-bond acceptors (Lipinski definition) is 4. The maximum Gasteiger partial charge on any atom is 0.257 e. The van der Waals surface area contributed by atoms with E-state index in [9.17, 15) is 14.4 Å². The molecule has 0 aliphatic carbocycles. The predicted octanol–water partition coefficient (Wildman–Crippen LogP) is 1.68. The number of ether oxygens (including phenoxy) is 1. The van der Waals surface area contributed by atoms with E-state index in [1.165, 1.54) is 20.1 Å². The molecule has 0 aromatic heterocycles. The molecule has 0 spiro atoms. The molecule has 0 aromatic rings. The molecule has 1 N–H and O–H groups in total. The van der Waals surface area contributed by atoms with E-state index in [1.54, 1.807) is 6.92 Å². The van der Waals surface area contributed by atoms with Crippen molar-refractivity contribution in [2.45, 2.75) is 45.7 Å². The highest BCUT2D eigenvalue weighted by Crippen LogP contribution is 2.28. The Hall–Kier alpha value is -2.00. The summed E-state index contributed by atoms with van der Waals surface area (Å²) in [5.74, 6) is 1.89. The first-order valence-electron chi connectivity index (χ1n) is 8.16. The van der Waals surface area contributed by atoms with Gasteiger partial charge < -0.3 is 10.1 Å². The highest BCUT2D eigenvalue weighted by atomic mass is 35.5. The minimum absolute atomic E-state index is 0.0789. The van der Waals surface area contributed by atoms with Gasteiger partial charge in [0.25, 0.3) is 11.8 Å². The van der Waals surface area contributed by atoms with Crippen LogP contribution in [0.4, 0.5) is 0 Å². The monoisotopic (exact) mass is 368 g/mol. The van der Waals surface area contributed by atoms with Crippen LogP contribution in [0.15, 0.2) is 11.8 Å². The second-order valence-electron chi connectivity index (χ2n) is 6.36. The summed E-state index contributed by atoms with van der Waals surface area (Å²) in [6.07, 6.45) is 7.42. The number of halogens is 1. The zero-order chi connectivity index (χ0) is 19.1.